The van der Waals surface area contributed by atoms with Gasteiger partial charge in [0.1, 0.15) is 6.73 Å². The van der Waals surface area contributed by atoms with Crippen molar-refractivity contribution in [2.45, 2.75) is 6.42 Å². The molecule has 1 aromatic rings. The first-order valence-electron chi connectivity index (χ1n) is 5.39. The van der Waals surface area contributed by atoms with Gasteiger partial charge in [-0.25, -0.2) is 9.59 Å². The van der Waals surface area contributed by atoms with E-state index in [4.69, 9.17) is 9.63 Å². The summed E-state index contributed by atoms with van der Waals surface area (Å²) in [6.07, 6.45) is 4.36. The summed E-state index contributed by atoms with van der Waals surface area (Å²) in [4.78, 5) is 22.9. The molecule has 96 valence electrons. The molecule has 1 aliphatic rings. The molecule has 7 heteroatoms. The molecule has 2 rings (SSSR count). The van der Waals surface area contributed by atoms with Gasteiger partial charge < -0.3 is 14.4 Å². The maximum absolute atomic E-state index is 10.8. The summed E-state index contributed by atoms with van der Waals surface area (Å²) in [6, 6.07) is 1.75. The van der Waals surface area contributed by atoms with Gasteiger partial charge in [0, 0.05) is 24.7 Å². The highest BCUT2D eigenvalue weighted by atomic mass is 16.6. The smallest absolute Gasteiger partial charge is 0.418 e. The number of carboxylic acid groups (broad SMARTS) is 1. The molecule has 7 nitrogen and oxygen atoms in total. The fourth-order valence-electron chi connectivity index (χ4n) is 1.69. The Morgan fingerprint density at radius 2 is 2.39 bits per heavy atom. The maximum Gasteiger partial charge on any atom is 0.418 e. The van der Waals surface area contributed by atoms with Gasteiger partial charge in [-0.15, -0.1) is 0 Å². The van der Waals surface area contributed by atoms with Crippen molar-refractivity contribution in [3.63, 3.8) is 0 Å². The van der Waals surface area contributed by atoms with E-state index in [9.17, 15) is 9.59 Å². The van der Waals surface area contributed by atoms with E-state index in [0.29, 0.717) is 18.8 Å². The van der Waals surface area contributed by atoms with Crippen molar-refractivity contribution < 1.29 is 24.0 Å². The Hall–Kier alpha value is -2.15. The van der Waals surface area contributed by atoms with Gasteiger partial charge in [-0.1, -0.05) is 11.2 Å². The second kappa shape index (κ2) is 5.46. The van der Waals surface area contributed by atoms with Crippen LogP contribution >= 0.6 is 0 Å². The van der Waals surface area contributed by atoms with Crippen molar-refractivity contribution >= 4 is 17.5 Å². The van der Waals surface area contributed by atoms with Crippen LogP contribution in [0, 0.1) is 0 Å². The zero-order valence-corrected chi connectivity index (χ0v) is 9.54. The minimum atomic E-state index is -1.59. The Morgan fingerprint density at radius 3 is 3.06 bits per heavy atom. The molecule has 0 radical (unpaired) electrons. The average Bonchev–Trinajstić information content (AvgIpc) is 2.90. The number of carboxylic acids is 1. The third-order valence-corrected chi connectivity index (χ3v) is 2.54. The molecule has 0 unspecified atom stereocenters. The van der Waals surface area contributed by atoms with E-state index in [0.717, 1.165) is 12.0 Å². The second-order valence-corrected chi connectivity index (χ2v) is 3.81. The first kappa shape index (κ1) is 12.3. The van der Waals surface area contributed by atoms with Gasteiger partial charge in [0.2, 0.25) is 0 Å². The molecule has 0 bridgehead atoms. The highest BCUT2D eigenvalue weighted by molar-refractivity contribution is 6.28. The normalized spacial score (nSPS) is 16.1. The highest BCUT2D eigenvalue weighted by Gasteiger charge is 2.19. The molecule has 1 N–H and O–H groups in total. The minimum Gasteiger partial charge on any atom is -0.473 e. The summed E-state index contributed by atoms with van der Waals surface area (Å²) in [6.45, 7) is 1.18. The van der Waals surface area contributed by atoms with Crippen LogP contribution in [0.15, 0.2) is 22.9 Å². The summed E-state index contributed by atoms with van der Waals surface area (Å²) in [5.41, 5.74) is 0.949. The number of hydrogen-bond acceptors (Lipinski definition) is 6. The van der Waals surface area contributed by atoms with Crippen LogP contribution < -0.4 is 0 Å². The molecular formula is C11H12N2O5. The van der Waals surface area contributed by atoms with Gasteiger partial charge in [0.05, 0.1) is 6.20 Å². The lowest BCUT2D eigenvalue weighted by atomic mass is 10.1. The zero-order valence-electron chi connectivity index (χ0n) is 9.54. The standard InChI is InChI=1S/C11H12N2O5/c14-10(15)11(16)17-7-13-5-1-2-8(6-13)9-3-4-12-18-9/h2-4H,1,5-7H2,(H,14,15). The predicted octanol–water partition coefficient (Wildman–Crippen LogP) is 0.349. The van der Waals surface area contributed by atoms with Crippen molar-refractivity contribution in [1.29, 1.82) is 0 Å². The average molecular weight is 252 g/mol. The largest absolute Gasteiger partial charge is 0.473 e. The van der Waals surface area contributed by atoms with Crippen LogP contribution in [0.3, 0.4) is 0 Å². The lowest BCUT2D eigenvalue weighted by molar-refractivity contribution is -0.166. The molecule has 0 fully saturated rings. The van der Waals surface area contributed by atoms with Crippen LogP contribution in [0.25, 0.3) is 5.57 Å². The second-order valence-electron chi connectivity index (χ2n) is 3.81. The predicted molar refractivity (Wildman–Crippen MR) is 59.3 cm³/mol. The fourth-order valence-corrected chi connectivity index (χ4v) is 1.69. The van der Waals surface area contributed by atoms with Gasteiger partial charge in [-0.05, 0) is 6.42 Å². The van der Waals surface area contributed by atoms with Crippen LogP contribution in [0.2, 0.25) is 0 Å². The molecule has 18 heavy (non-hydrogen) atoms. The summed E-state index contributed by atoms with van der Waals surface area (Å²) < 4.78 is 9.66. The summed E-state index contributed by atoms with van der Waals surface area (Å²) >= 11 is 0. The number of hydrogen-bond donors (Lipinski definition) is 1. The number of nitrogens with zero attached hydrogens (tertiary/aromatic N) is 2. The lowest BCUT2D eigenvalue weighted by Gasteiger charge is -2.25. The van der Waals surface area contributed by atoms with Crippen molar-refractivity contribution in [2.75, 3.05) is 19.8 Å². The molecule has 0 amide bonds. The summed E-state index contributed by atoms with van der Waals surface area (Å²) in [5, 5.41) is 12.0. The highest BCUT2D eigenvalue weighted by Crippen LogP contribution is 2.19. The first-order valence-corrected chi connectivity index (χ1v) is 5.39. The zero-order chi connectivity index (χ0) is 13.0. The number of carbonyl (C=O) groups excluding carboxylic acids is 1. The van der Waals surface area contributed by atoms with Crippen LogP contribution in [0.5, 0.6) is 0 Å². The number of esters is 1. The fraction of sp³-hybridized carbons (Fsp3) is 0.364. The Kier molecular flexibility index (Phi) is 3.73. The molecule has 0 aromatic carbocycles. The van der Waals surface area contributed by atoms with Gasteiger partial charge in [0.15, 0.2) is 5.76 Å². The van der Waals surface area contributed by atoms with Gasteiger partial charge in [-0.2, -0.15) is 0 Å². The van der Waals surface area contributed by atoms with Gasteiger partial charge in [-0.3, -0.25) is 4.90 Å². The van der Waals surface area contributed by atoms with Crippen molar-refractivity contribution in [3.8, 4) is 0 Å². The first-order chi connectivity index (χ1) is 8.66. The molecule has 1 aliphatic heterocycles. The van der Waals surface area contributed by atoms with E-state index in [-0.39, 0.29) is 6.73 Å². The molecule has 1 aromatic heterocycles. The van der Waals surface area contributed by atoms with E-state index in [2.05, 4.69) is 9.89 Å². The Morgan fingerprint density at radius 1 is 1.56 bits per heavy atom. The van der Waals surface area contributed by atoms with Crippen LogP contribution in [-0.4, -0.2) is 46.9 Å². The third kappa shape index (κ3) is 2.95. The minimum absolute atomic E-state index is 0.0450. The Balaban J connectivity index is 1.88. The van der Waals surface area contributed by atoms with E-state index in [1.54, 1.807) is 12.3 Å². The van der Waals surface area contributed by atoms with Crippen LogP contribution in [0.1, 0.15) is 12.2 Å². The third-order valence-electron chi connectivity index (χ3n) is 2.54. The van der Waals surface area contributed by atoms with Gasteiger partial charge in [0.25, 0.3) is 0 Å². The summed E-state index contributed by atoms with van der Waals surface area (Å²) in [7, 11) is 0. The molecule has 0 saturated carbocycles. The van der Waals surface area contributed by atoms with Crippen LogP contribution in [0.4, 0.5) is 0 Å². The Bertz CT molecular complexity index is 466. The SMILES string of the molecule is O=C(O)C(=O)OCN1CCC=C(c2ccno2)C1. The van der Waals surface area contributed by atoms with Crippen molar-refractivity contribution in [2.24, 2.45) is 0 Å². The molecule has 2 heterocycles. The Labute approximate surface area is 103 Å². The molecular weight excluding hydrogens is 240 g/mol. The maximum atomic E-state index is 10.8. The number of carbonyl (C=O) groups is 2. The lowest BCUT2D eigenvalue weighted by Crippen LogP contribution is -2.34. The van der Waals surface area contributed by atoms with Gasteiger partial charge >= 0.3 is 11.9 Å². The molecule has 0 atom stereocenters. The number of aromatic nitrogens is 1. The van der Waals surface area contributed by atoms with E-state index >= 15 is 0 Å². The molecule has 0 spiro atoms. The molecule has 0 saturated heterocycles. The van der Waals surface area contributed by atoms with E-state index in [1.165, 1.54) is 0 Å². The van der Waals surface area contributed by atoms with E-state index in [1.807, 2.05) is 11.0 Å². The van der Waals surface area contributed by atoms with Crippen molar-refractivity contribution in [1.82, 2.24) is 10.1 Å². The number of ether oxygens (including phenoxy) is 1. The monoisotopic (exact) mass is 252 g/mol. The molecule has 0 aliphatic carbocycles. The summed E-state index contributed by atoms with van der Waals surface area (Å²) in [5.74, 6) is -2.16. The van der Waals surface area contributed by atoms with Crippen molar-refractivity contribution in [3.05, 3.63) is 24.1 Å². The number of aliphatic carboxylic acids is 1. The topological polar surface area (TPSA) is 92.9 Å². The number of rotatable bonds is 3. The van der Waals surface area contributed by atoms with E-state index < -0.39 is 11.9 Å². The quantitative estimate of drug-likeness (QED) is 0.612. The van der Waals surface area contributed by atoms with Crippen LogP contribution in [-0.2, 0) is 14.3 Å².